The van der Waals surface area contributed by atoms with Gasteiger partial charge in [0.2, 0.25) is 5.91 Å². The van der Waals surface area contributed by atoms with E-state index in [1.807, 2.05) is 47.4 Å². The molecule has 3 heterocycles. The zero-order valence-electron chi connectivity index (χ0n) is 14.4. The van der Waals surface area contributed by atoms with Crippen LogP contribution in [0.15, 0.2) is 48.7 Å². The number of nitrogens with zero attached hydrogens (tertiary/aromatic N) is 5. The smallest absolute Gasteiger partial charge is 0.246 e. The van der Waals surface area contributed by atoms with Crippen LogP contribution in [0.25, 0.3) is 11.0 Å². The van der Waals surface area contributed by atoms with Gasteiger partial charge in [0.15, 0.2) is 0 Å². The maximum atomic E-state index is 12.5. The summed E-state index contributed by atoms with van der Waals surface area (Å²) in [5.41, 5.74) is 2.28. The summed E-state index contributed by atoms with van der Waals surface area (Å²) in [4.78, 5) is 20.1. The van der Waals surface area contributed by atoms with Crippen LogP contribution in [0, 0.1) is 5.92 Å². The SMILES string of the molecule is O=C(Cn1nc2ccccc2n1)N1CCC([C@H](O)c2ccccn2)CC1. The van der Waals surface area contributed by atoms with Gasteiger partial charge in [-0.3, -0.25) is 9.78 Å². The highest BCUT2D eigenvalue weighted by Crippen LogP contribution is 2.29. The summed E-state index contributed by atoms with van der Waals surface area (Å²) in [6.07, 6.45) is 2.64. The van der Waals surface area contributed by atoms with Gasteiger partial charge >= 0.3 is 0 Å². The molecule has 2 aromatic heterocycles. The number of carbonyl (C=O) groups is 1. The molecule has 0 saturated carbocycles. The van der Waals surface area contributed by atoms with E-state index < -0.39 is 6.10 Å². The molecule has 7 nitrogen and oxygen atoms in total. The molecule has 1 saturated heterocycles. The van der Waals surface area contributed by atoms with Gasteiger partial charge in [0, 0.05) is 19.3 Å². The molecule has 3 aromatic rings. The Morgan fingerprint density at radius 2 is 1.73 bits per heavy atom. The minimum Gasteiger partial charge on any atom is -0.387 e. The van der Waals surface area contributed by atoms with Crippen molar-refractivity contribution in [1.82, 2.24) is 24.9 Å². The lowest BCUT2D eigenvalue weighted by Crippen LogP contribution is -2.41. The van der Waals surface area contributed by atoms with Crippen LogP contribution in [0.5, 0.6) is 0 Å². The van der Waals surface area contributed by atoms with Crippen molar-refractivity contribution in [2.75, 3.05) is 13.1 Å². The molecule has 1 amide bonds. The summed E-state index contributed by atoms with van der Waals surface area (Å²) in [6, 6.07) is 13.1. The van der Waals surface area contributed by atoms with Crippen LogP contribution in [0.4, 0.5) is 0 Å². The highest BCUT2D eigenvalue weighted by molar-refractivity contribution is 5.77. The lowest BCUT2D eigenvalue weighted by atomic mass is 9.89. The summed E-state index contributed by atoms with van der Waals surface area (Å²) >= 11 is 0. The van der Waals surface area contributed by atoms with Gasteiger partial charge in [-0.2, -0.15) is 15.0 Å². The number of likely N-dealkylation sites (tertiary alicyclic amines) is 1. The van der Waals surface area contributed by atoms with E-state index in [0.29, 0.717) is 18.8 Å². The maximum absolute atomic E-state index is 12.5. The Balaban J connectivity index is 1.34. The number of fused-ring (bicyclic) bond motifs is 1. The molecule has 0 spiro atoms. The van der Waals surface area contributed by atoms with E-state index in [-0.39, 0.29) is 18.4 Å². The molecule has 1 aliphatic heterocycles. The molecule has 7 heteroatoms. The lowest BCUT2D eigenvalue weighted by Gasteiger charge is -2.34. The topological polar surface area (TPSA) is 84.1 Å². The maximum Gasteiger partial charge on any atom is 0.246 e. The van der Waals surface area contributed by atoms with Gasteiger partial charge in [0.1, 0.15) is 17.6 Å². The van der Waals surface area contributed by atoms with Gasteiger partial charge in [0.25, 0.3) is 0 Å². The van der Waals surface area contributed by atoms with Crippen LogP contribution in [0.2, 0.25) is 0 Å². The molecule has 1 aliphatic rings. The van der Waals surface area contributed by atoms with Crippen LogP contribution in [0.3, 0.4) is 0 Å². The quantitative estimate of drug-likeness (QED) is 0.775. The first-order chi connectivity index (χ1) is 12.7. The largest absolute Gasteiger partial charge is 0.387 e. The van der Waals surface area contributed by atoms with Gasteiger partial charge in [-0.05, 0) is 43.0 Å². The number of aliphatic hydroxyl groups is 1. The number of amides is 1. The zero-order valence-corrected chi connectivity index (χ0v) is 14.4. The fourth-order valence-corrected chi connectivity index (χ4v) is 3.45. The van der Waals surface area contributed by atoms with Crippen LogP contribution in [-0.2, 0) is 11.3 Å². The summed E-state index contributed by atoms with van der Waals surface area (Å²) in [5.74, 6) is 0.135. The predicted octanol–water partition coefficient (Wildman–Crippen LogP) is 1.80. The van der Waals surface area contributed by atoms with E-state index in [0.717, 1.165) is 23.9 Å². The van der Waals surface area contributed by atoms with Crippen molar-refractivity contribution >= 4 is 16.9 Å². The first kappa shape index (κ1) is 16.7. The van der Waals surface area contributed by atoms with E-state index in [2.05, 4.69) is 15.2 Å². The van der Waals surface area contributed by atoms with E-state index in [9.17, 15) is 9.90 Å². The highest BCUT2D eigenvalue weighted by atomic mass is 16.3. The number of hydrogen-bond donors (Lipinski definition) is 1. The van der Waals surface area contributed by atoms with Crippen molar-refractivity contribution in [3.05, 3.63) is 54.4 Å². The molecule has 1 atom stereocenters. The number of pyridine rings is 1. The van der Waals surface area contributed by atoms with Crippen molar-refractivity contribution in [3.8, 4) is 0 Å². The van der Waals surface area contributed by atoms with Gasteiger partial charge in [-0.25, -0.2) is 0 Å². The van der Waals surface area contributed by atoms with Crippen LogP contribution >= 0.6 is 0 Å². The number of carbonyl (C=O) groups excluding carboxylic acids is 1. The van der Waals surface area contributed by atoms with Crippen LogP contribution in [0.1, 0.15) is 24.6 Å². The molecular formula is C19H21N5O2. The molecule has 134 valence electrons. The van der Waals surface area contributed by atoms with Crippen molar-refractivity contribution in [3.63, 3.8) is 0 Å². The molecule has 1 aromatic carbocycles. The molecule has 0 aliphatic carbocycles. The normalized spacial score (nSPS) is 16.7. The minimum absolute atomic E-state index is 0.0103. The molecule has 1 N–H and O–H groups in total. The molecule has 0 bridgehead atoms. The van der Waals surface area contributed by atoms with E-state index in [1.165, 1.54) is 4.80 Å². The van der Waals surface area contributed by atoms with E-state index in [4.69, 9.17) is 0 Å². The molecule has 0 unspecified atom stereocenters. The second kappa shape index (κ2) is 7.21. The Morgan fingerprint density at radius 3 is 2.35 bits per heavy atom. The minimum atomic E-state index is -0.577. The van der Waals surface area contributed by atoms with Crippen molar-refractivity contribution in [2.24, 2.45) is 5.92 Å². The number of benzene rings is 1. The fourth-order valence-electron chi connectivity index (χ4n) is 3.45. The van der Waals surface area contributed by atoms with Crippen molar-refractivity contribution < 1.29 is 9.90 Å². The number of aliphatic hydroxyl groups excluding tert-OH is 1. The molecular weight excluding hydrogens is 330 g/mol. The highest BCUT2D eigenvalue weighted by Gasteiger charge is 2.29. The number of piperidine rings is 1. The molecule has 1 fully saturated rings. The van der Waals surface area contributed by atoms with Gasteiger partial charge < -0.3 is 10.0 Å². The van der Waals surface area contributed by atoms with Gasteiger partial charge in [-0.15, -0.1) is 0 Å². The zero-order chi connectivity index (χ0) is 17.9. The Morgan fingerprint density at radius 1 is 1.08 bits per heavy atom. The Labute approximate surface area is 151 Å². The summed E-state index contributed by atoms with van der Waals surface area (Å²) in [7, 11) is 0. The summed E-state index contributed by atoms with van der Waals surface area (Å²) in [5, 5.41) is 19.2. The third-order valence-electron chi connectivity index (χ3n) is 4.93. The average molecular weight is 351 g/mol. The Kier molecular flexibility index (Phi) is 4.62. The van der Waals surface area contributed by atoms with Crippen LogP contribution in [-0.4, -0.2) is 49.0 Å². The predicted molar refractivity (Wildman–Crippen MR) is 96.0 cm³/mol. The lowest BCUT2D eigenvalue weighted by molar-refractivity contribution is -0.134. The van der Waals surface area contributed by atoms with E-state index >= 15 is 0 Å². The standard InChI is InChI=1S/C19H21N5O2/c25-18(13-24-21-15-5-1-2-6-16(15)22-24)23-11-8-14(9-12-23)19(26)17-7-3-4-10-20-17/h1-7,10,14,19,26H,8-9,11-13H2/t19-/m0/s1. The Bertz CT molecular complexity index is 854. The molecule has 4 rings (SSSR count). The van der Waals surface area contributed by atoms with Gasteiger partial charge in [-0.1, -0.05) is 18.2 Å². The first-order valence-corrected chi connectivity index (χ1v) is 8.87. The van der Waals surface area contributed by atoms with E-state index in [1.54, 1.807) is 6.20 Å². The van der Waals surface area contributed by atoms with Crippen molar-refractivity contribution in [1.29, 1.82) is 0 Å². The number of rotatable bonds is 4. The average Bonchev–Trinajstić information content (AvgIpc) is 3.10. The second-order valence-electron chi connectivity index (χ2n) is 6.64. The Hall–Kier alpha value is -2.80. The summed E-state index contributed by atoms with van der Waals surface area (Å²) in [6.45, 7) is 1.41. The summed E-state index contributed by atoms with van der Waals surface area (Å²) < 4.78 is 0. The van der Waals surface area contributed by atoms with Crippen molar-refractivity contribution in [2.45, 2.75) is 25.5 Å². The number of hydrogen-bond acceptors (Lipinski definition) is 5. The monoisotopic (exact) mass is 351 g/mol. The molecule has 0 radical (unpaired) electrons. The third-order valence-corrected chi connectivity index (χ3v) is 4.93. The van der Waals surface area contributed by atoms with Gasteiger partial charge in [0.05, 0.1) is 11.8 Å². The fraction of sp³-hybridized carbons (Fsp3) is 0.368. The second-order valence-corrected chi connectivity index (χ2v) is 6.64. The number of aromatic nitrogens is 4. The molecule has 26 heavy (non-hydrogen) atoms. The first-order valence-electron chi connectivity index (χ1n) is 8.87. The third kappa shape index (κ3) is 3.43. The van der Waals surface area contributed by atoms with Crippen LogP contribution < -0.4 is 0 Å².